The predicted molar refractivity (Wildman–Crippen MR) is 134 cm³/mol. The summed E-state index contributed by atoms with van der Waals surface area (Å²) in [5.41, 5.74) is 3.71. The van der Waals surface area contributed by atoms with E-state index in [0.29, 0.717) is 11.9 Å². The first-order chi connectivity index (χ1) is 17.5. The lowest BCUT2D eigenvalue weighted by Crippen LogP contribution is -2.36. The second-order valence-electron chi connectivity index (χ2n) is 9.76. The van der Waals surface area contributed by atoms with Gasteiger partial charge < -0.3 is 15.0 Å². The molecule has 0 atom stereocenters. The Morgan fingerprint density at radius 1 is 1.03 bits per heavy atom. The standard InChI is InChI=1S/C26H33F3N6O/c27-26(28,29)11-4-12-30-25-31-17-22-23(20-7-9-21(10-8-20)34-13-15-36-16-14-34)33-35(24(22)32-25)18-19-5-2-1-3-6-19/h7-10,17,19H,1-6,11-16,18H2,(H,30,31,32). The van der Waals surface area contributed by atoms with E-state index < -0.39 is 12.6 Å². The van der Waals surface area contributed by atoms with Crippen LogP contribution in [0.2, 0.25) is 0 Å². The van der Waals surface area contributed by atoms with Crippen LogP contribution in [0.4, 0.5) is 24.8 Å². The van der Waals surface area contributed by atoms with E-state index in [4.69, 9.17) is 9.84 Å². The number of aromatic nitrogens is 4. The summed E-state index contributed by atoms with van der Waals surface area (Å²) in [4.78, 5) is 11.4. The minimum Gasteiger partial charge on any atom is -0.378 e. The zero-order valence-corrected chi connectivity index (χ0v) is 20.4. The van der Waals surface area contributed by atoms with E-state index in [0.717, 1.165) is 60.8 Å². The van der Waals surface area contributed by atoms with Crippen molar-refractivity contribution < 1.29 is 17.9 Å². The molecule has 7 nitrogen and oxygen atoms in total. The Kier molecular flexibility index (Phi) is 7.59. The number of nitrogens with one attached hydrogen (secondary N) is 1. The van der Waals surface area contributed by atoms with Crippen molar-refractivity contribution in [2.24, 2.45) is 5.92 Å². The molecule has 0 amide bonds. The summed E-state index contributed by atoms with van der Waals surface area (Å²) in [6.07, 6.45) is 2.85. The van der Waals surface area contributed by atoms with Gasteiger partial charge in [-0.3, -0.25) is 0 Å². The molecule has 0 radical (unpaired) electrons. The van der Waals surface area contributed by atoms with Crippen molar-refractivity contribution >= 4 is 22.7 Å². The third kappa shape index (κ3) is 6.08. The van der Waals surface area contributed by atoms with Gasteiger partial charge in [0.1, 0.15) is 5.69 Å². The second kappa shape index (κ2) is 11.0. The Bertz CT molecular complexity index is 1140. The van der Waals surface area contributed by atoms with Crippen LogP contribution in [0, 0.1) is 5.92 Å². The van der Waals surface area contributed by atoms with Gasteiger partial charge in [-0.2, -0.15) is 23.3 Å². The van der Waals surface area contributed by atoms with Crippen molar-refractivity contribution in [3.05, 3.63) is 30.5 Å². The van der Waals surface area contributed by atoms with E-state index in [1.165, 1.54) is 32.1 Å². The van der Waals surface area contributed by atoms with E-state index in [1.807, 2.05) is 4.68 Å². The molecular formula is C26H33F3N6O. The molecule has 1 aliphatic carbocycles. The number of alkyl halides is 3. The Morgan fingerprint density at radius 3 is 2.50 bits per heavy atom. The molecule has 1 saturated heterocycles. The number of ether oxygens (including phenoxy) is 1. The summed E-state index contributed by atoms with van der Waals surface area (Å²) in [6.45, 7) is 4.18. The molecule has 0 spiro atoms. The number of halogens is 3. The summed E-state index contributed by atoms with van der Waals surface area (Å²) >= 11 is 0. The fourth-order valence-corrected chi connectivity index (χ4v) is 5.14. The lowest BCUT2D eigenvalue weighted by atomic mass is 9.89. The average molecular weight is 503 g/mol. The van der Waals surface area contributed by atoms with Crippen LogP contribution < -0.4 is 10.2 Å². The highest BCUT2D eigenvalue weighted by molar-refractivity contribution is 5.91. The van der Waals surface area contributed by atoms with Gasteiger partial charge in [0.25, 0.3) is 0 Å². The highest BCUT2D eigenvalue weighted by Gasteiger charge is 2.26. The smallest absolute Gasteiger partial charge is 0.378 e. The molecule has 1 saturated carbocycles. The molecule has 10 heteroatoms. The van der Waals surface area contributed by atoms with Gasteiger partial charge in [-0.1, -0.05) is 31.4 Å². The topological polar surface area (TPSA) is 68.1 Å². The van der Waals surface area contributed by atoms with Gasteiger partial charge in [0.05, 0.1) is 18.6 Å². The fourth-order valence-electron chi connectivity index (χ4n) is 5.14. The number of morpholine rings is 1. The Hall–Kier alpha value is -2.88. The van der Waals surface area contributed by atoms with E-state index in [2.05, 4.69) is 44.5 Å². The quantitative estimate of drug-likeness (QED) is 0.401. The molecule has 2 aromatic heterocycles. The zero-order chi connectivity index (χ0) is 25.0. The highest BCUT2D eigenvalue weighted by Crippen LogP contribution is 2.32. The molecule has 194 valence electrons. The first kappa shape index (κ1) is 24.8. The SMILES string of the molecule is FC(F)(F)CCCNc1ncc2c(-c3ccc(N4CCOCC4)cc3)nn(CC3CCCCC3)c2n1. The maximum atomic E-state index is 12.5. The van der Waals surface area contributed by atoms with Crippen LogP contribution in [0.15, 0.2) is 30.5 Å². The van der Waals surface area contributed by atoms with E-state index in [1.54, 1.807) is 6.20 Å². The van der Waals surface area contributed by atoms with Crippen LogP contribution in [0.3, 0.4) is 0 Å². The number of rotatable bonds is 8. The van der Waals surface area contributed by atoms with Crippen molar-refractivity contribution in [2.75, 3.05) is 43.1 Å². The Balaban J connectivity index is 1.40. The molecule has 5 rings (SSSR count). The highest BCUT2D eigenvalue weighted by atomic mass is 19.4. The number of anilines is 2. The number of nitrogens with zero attached hydrogens (tertiary/aromatic N) is 5. The molecule has 2 aliphatic rings. The van der Waals surface area contributed by atoms with Crippen molar-refractivity contribution in [3.63, 3.8) is 0 Å². The summed E-state index contributed by atoms with van der Waals surface area (Å²) in [7, 11) is 0. The number of hydrogen-bond donors (Lipinski definition) is 1. The third-order valence-electron chi connectivity index (χ3n) is 7.08. The van der Waals surface area contributed by atoms with Gasteiger partial charge in [0.15, 0.2) is 5.65 Å². The van der Waals surface area contributed by atoms with Gasteiger partial charge in [-0.25, -0.2) is 9.67 Å². The van der Waals surface area contributed by atoms with Crippen LogP contribution >= 0.6 is 0 Å². The van der Waals surface area contributed by atoms with Gasteiger partial charge in [-0.05, 0) is 37.3 Å². The van der Waals surface area contributed by atoms with Crippen LogP contribution in [0.1, 0.15) is 44.9 Å². The molecule has 0 bridgehead atoms. The third-order valence-corrected chi connectivity index (χ3v) is 7.08. The summed E-state index contributed by atoms with van der Waals surface area (Å²) in [5, 5.41) is 8.78. The molecule has 2 fully saturated rings. The molecule has 0 unspecified atom stereocenters. The molecule has 1 aromatic carbocycles. The summed E-state index contributed by atoms with van der Waals surface area (Å²) in [5.74, 6) is 0.889. The maximum Gasteiger partial charge on any atom is 0.389 e. The first-order valence-electron chi connectivity index (χ1n) is 12.9. The zero-order valence-electron chi connectivity index (χ0n) is 20.4. The first-order valence-corrected chi connectivity index (χ1v) is 12.9. The predicted octanol–water partition coefficient (Wildman–Crippen LogP) is 5.66. The summed E-state index contributed by atoms with van der Waals surface area (Å²) < 4.78 is 44.9. The van der Waals surface area contributed by atoms with E-state index in [9.17, 15) is 13.2 Å². The average Bonchev–Trinajstić information content (AvgIpc) is 3.25. The monoisotopic (exact) mass is 502 g/mol. The molecule has 1 aliphatic heterocycles. The molecule has 36 heavy (non-hydrogen) atoms. The normalized spacial score (nSPS) is 17.6. The van der Waals surface area contributed by atoms with Crippen molar-refractivity contribution in [2.45, 2.75) is 57.7 Å². The van der Waals surface area contributed by atoms with Gasteiger partial charge in [-0.15, -0.1) is 0 Å². The van der Waals surface area contributed by atoms with Crippen LogP contribution in [-0.4, -0.2) is 58.8 Å². The lowest BCUT2D eigenvalue weighted by Gasteiger charge is -2.28. The number of hydrogen-bond acceptors (Lipinski definition) is 6. The number of benzene rings is 1. The summed E-state index contributed by atoms with van der Waals surface area (Å²) in [6, 6.07) is 8.40. The van der Waals surface area contributed by atoms with Gasteiger partial charge in [0, 0.05) is 50.0 Å². The van der Waals surface area contributed by atoms with Crippen LogP contribution in [0.5, 0.6) is 0 Å². The minimum absolute atomic E-state index is 0.0209. The van der Waals surface area contributed by atoms with Crippen LogP contribution in [0.25, 0.3) is 22.3 Å². The Morgan fingerprint density at radius 2 is 1.78 bits per heavy atom. The van der Waals surface area contributed by atoms with Crippen LogP contribution in [-0.2, 0) is 11.3 Å². The van der Waals surface area contributed by atoms with Crippen molar-refractivity contribution in [1.82, 2.24) is 19.7 Å². The fraction of sp³-hybridized carbons (Fsp3) is 0.577. The second-order valence-corrected chi connectivity index (χ2v) is 9.76. The maximum absolute atomic E-state index is 12.5. The largest absolute Gasteiger partial charge is 0.389 e. The van der Waals surface area contributed by atoms with E-state index >= 15 is 0 Å². The molecule has 1 N–H and O–H groups in total. The van der Waals surface area contributed by atoms with Gasteiger partial charge >= 0.3 is 6.18 Å². The molecule has 3 aromatic rings. The van der Waals surface area contributed by atoms with E-state index in [-0.39, 0.29) is 13.0 Å². The molecular weight excluding hydrogens is 469 g/mol. The Labute approximate surface area is 209 Å². The number of fused-ring (bicyclic) bond motifs is 1. The van der Waals surface area contributed by atoms with Crippen molar-refractivity contribution in [3.8, 4) is 11.3 Å². The van der Waals surface area contributed by atoms with Gasteiger partial charge in [0.2, 0.25) is 5.95 Å². The minimum atomic E-state index is -4.16. The lowest BCUT2D eigenvalue weighted by molar-refractivity contribution is -0.134. The van der Waals surface area contributed by atoms with Crippen molar-refractivity contribution in [1.29, 1.82) is 0 Å². The molecule has 3 heterocycles.